The molecule has 0 bridgehead atoms. The number of carbonyl (C=O) groups is 2. The summed E-state index contributed by atoms with van der Waals surface area (Å²) in [7, 11) is 0. The fourth-order valence-electron chi connectivity index (χ4n) is 6.30. The van der Waals surface area contributed by atoms with Crippen molar-refractivity contribution in [2.75, 3.05) is 0 Å². The number of rotatable bonds is 2. The standard InChI is InChI=1S/C22H33N3O4.CH2O2/c1-3-16-8-4-5-11-21(29-16)13-15-9-10-17-18(19(26)27)22(12-6-7-14(2)28-22)24-20(23-21)25(15)17;2-1-3/h4,8,14-18H,3,5-7,9-13H2,1-2H3,(H,23,24)(H,26,27);1H,(H,2,3)/p-1/t14-,15+,16+,17-,18+,21+,22-;/m1./s1. The molecule has 5 aliphatic rings. The zero-order chi connectivity index (χ0) is 22.9. The Labute approximate surface area is 188 Å². The smallest absolute Gasteiger partial charge is 0.313 e. The van der Waals surface area contributed by atoms with Gasteiger partial charge in [-0.3, -0.25) is 4.79 Å². The highest BCUT2D eigenvalue weighted by atomic mass is 16.5. The van der Waals surface area contributed by atoms with Crippen LogP contribution < -0.4 is 10.4 Å². The van der Waals surface area contributed by atoms with Crippen molar-refractivity contribution < 1.29 is 29.3 Å². The molecule has 3 saturated heterocycles. The van der Waals surface area contributed by atoms with Crippen LogP contribution in [0.3, 0.4) is 0 Å². The van der Waals surface area contributed by atoms with Crippen molar-refractivity contribution in [2.24, 2.45) is 10.9 Å². The van der Waals surface area contributed by atoms with Gasteiger partial charge in [-0.15, -0.1) is 0 Å². The lowest BCUT2D eigenvalue weighted by molar-refractivity contribution is -0.283. The van der Waals surface area contributed by atoms with E-state index in [1.165, 1.54) is 0 Å². The van der Waals surface area contributed by atoms with Gasteiger partial charge in [-0.2, -0.15) is 0 Å². The van der Waals surface area contributed by atoms with Crippen LogP contribution in [0.5, 0.6) is 0 Å². The summed E-state index contributed by atoms with van der Waals surface area (Å²) in [5.41, 5.74) is -1.40. The van der Waals surface area contributed by atoms with Gasteiger partial charge < -0.3 is 34.7 Å². The molecule has 5 aliphatic heterocycles. The van der Waals surface area contributed by atoms with Crippen LogP contribution >= 0.6 is 0 Å². The monoisotopic (exact) mass is 448 g/mol. The minimum atomic E-state index is -0.965. The van der Waals surface area contributed by atoms with Gasteiger partial charge in [0.05, 0.1) is 18.2 Å². The zero-order valence-electron chi connectivity index (χ0n) is 18.9. The molecule has 0 aromatic rings. The minimum Gasteiger partial charge on any atom is -0.554 e. The second-order valence-corrected chi connectivity index (χ2v) is 9.57. The fraction of sp³-hybridized carbons (Fsp3) is 0.783. The molecule has 9 heteroatoms. The third-order valence-corrected chi connectivity index (χ3v) is 7.52. The first-order valence-corrected chi connectivity index (χ1v) is 11.8. The molecule has 0 aromatic carbocycles. The molecule has 3 fully saturated rings. The molecule has 2 N–H and O–H groups in total. The van der Waals surface area contributed by atoms with Crippen molar-refractivity contribution in [1.29, 1.82) is 0 Å². The first kappa shape index (κ1) is 23.0. The Hall–Kier alpha value is -2.13. The second-order valence-electron chi connectivity index (χ2n) is 9.57. The number of carboxylic acids is 1. The Morgan fingerprint density at radius 1 is 1.38 bits per heavy atom. The lowest BCUT2D eigenvalue weighted by atomic mass is 9.80. The summed E-state index contributed by atoms with van der Waals surface area (Å²) in [6.45, 7) is 3.68. The third-order valence-electron chi connectivity index (χ3n) is 7.52. The quantitative estimate of drug-likeness (QED) is 0.480. The normalized spacial score (nSPS) is 42.2. The molecule has 32 heavy (non-hydrogen) atoms. The number of aliphatic carboxylic acids is 1. The van der Waals surface area contributed by atoms with Crippen molar-refractivity contribution in [3.63, 3.8) is 0 Å². The van der Waals surface area contributed by atoms with Crippen LogP contribution in [0.1, 0.15) is 71.6 Å². The number of hydrogen-bond donors (Lipinski definition) is 2. The molecule has 9 nitrogen and oxygen atoms in total. The van der Waals surface area contributed by atoms with Crippen LogP contribution in [-0.4, -0.2) is 64.1 Å². The molecule has 0 unspecified atom stereocenters. The largest absolute Gasteiger partial charge is 0.554 e. The molecular formula is C23H34N3O6-. The molecule has 0 aromatic heterocycles. The number of ether oxygens (including phenoxy) is 2. The summed E-state index contributed by atoms with van der Waals surface area (Å²) in [4.78, 5) is 27.9. The molecule has 178 valence electrons. The van der Waals surface area contributed by atoms with E-state index in [2.05, 4.69) is 29.3 Å². The first-order chi connectivity index (χ1) is 15.4. The molecule has 0 saturated carbocycles. The predicted octanol–water partition coefficient (Wildman–Crippen LogP) is 1.38. The van der Waals surface area contributed by atoms with Crippen LogP contribution in [0.2, 0.25) is 0 Å². The van der Waals surface area contributed by atoms with Crippen molar-refractivity contribution in [2.45, 2.75) is 107 Å². The Morgan fingerprint density at radius 3 is 2.84 bits per heavy atom. The van der Waals surface area contributed by atoms with E-state index in [1.54, 1.807) is 0 Å². The highest BCUT2D eigenvalue weighted by Crippen LogP contribution is 2.49. The van der Waals surface area contributed by atoms with Crippen LogP contribution in [0.15, 0.2) is 17.1 Å². The number of allylic oxidation sites excluding steroid dienone is 1. The van der Waals surface area contributed by atoms with Gasteiger partial charge in [0.2, 0.25) is 0 Å². The van der Waals surface area contributed by atoms with Gasteiger partial charge in [0, 0.05) is 18.9 Å². The van der Waals surface area contributed by atoms with E-state index < -0.39 is 29.8 Å². The summed E-state index contributed by atoms with van der Waals surface area (Å²) in [5, 5.41) is 22.1. The molecule has 0 radical (unpaired) electrons. The maximum atomic E-state index is 12.4. The van der Waals surface area contributed by atoms with Crippen molar-refractivity contribution >= 4 is 18.4 Å². The zero-order valence-corrected chi connectivity index (χ0v) is 18.9. The van der Waals surface area contributed by atoms with Gasteiger partial charge in [0.1, 0.15) is 11.6 Å². The number of hydrogen-bond acceptors (Lipinski definition) is 8. The summed E-state index contributed by atoms with van der Waals surface area (Å²) >= 11 is 0. The Balaban J connectivity index is 0.000000775. The fourth-order valence-corrected chi connectivity index (χ4v) is 6.30. The number of aliphatic imine (C=N–C) groups is 1. The topological polar surface area (TPSA) is 124 Å². The molecule has 0 amide bonds. The van der Waals surface area contributed by atoms with Gasteiger partial charge in [-0.05, 0) is 58.3 Å². The number of nitrogens with zero attached hydrogens (tertiary/aromatic N) is 2. The number of carbonyl (C=O) groups excluding carboxylic acids is 1. The molecule has 5 heterocycles. The maximum Gasteiger partial charge on any atom is 0.313 e. The van der Waals surface area contributed by atoms with Crippen molar-refractivity contribution in [3.05, 3.63) is 12.2 Å². The van der Waals surface area contributed by atoms with E-state index in [0.29, 0.717) is 6.42 Å². The Morgan fingerprint density at radius 2 is 2.16 bits per heavy atom. The van der Waals surface area contributed by atoms with Gasteiger partial charge >= 0.3 is 5.97 Å². The molecule has 5 rings (SSSR count). The summed E-state index contributed by atoms with van der Waals surface area (Å²) in [6.07, 6.45) is 12.6. The number of carboxylic acid groups (broad SMARTS) is 2. The van der Waals surface area contributed by atoms with Crippen molar-refractivity contribution in [1.82, 2.24) is 10.2 Å². The average molecular weight is 449 g/mol. The summed E-state index contributed by atoms with van der Waals surface area (Å²) in [6, 6.07) is 0.210. The van der Waals surface area contributed by atoms with Crippen LogP contribution in [0.25, 0.3) is 0 Å². The van der Waals surface area contributed by atoms with Crippen molar-refractivity contribution in [3.8, 4) is 0 Å². The highest BCUT2D eigenvalue weighted by Gasteiger charge is 2.61. The first-order valence-electron chi connectivity index (χ1n) is 11.8. The van der Waals surface area contributed by atoms with E-state index >= 15 is 0 Å². The van der Waals surface area contributed by atoms with E-state index in [-0.39, 0.29) is 24.3 Å². The molecule has 2 spiro atoms. The molecule has 7 atom stereocenters. The van der Waals surface area contributed by atoms with Gasteiger partial charge in [0.25, 0.3) is 0 Å². The van der Waals surface area contributed by atoms with Crippen LogP contribution in [0.4, 0.5) is 0 Å². The molecule has 0 aliphatic carbocycles. The molecular weight excluding hydrogens is 414 g/mol. The third kappa shape index (κ3) is 4.01. The van der Waals surface area contributed by atoms with Gasteiger partial charge in [-0.25, -0.2) is 4.99 Å². The van der Waals surface area contributed by atoms with E-state index in [4.69, 9.17) is 24.4 Å². The van der Waals surface area contributed by atoms with Gasteiger partial charge in [0.15, 0.2) is 11.7 Å². The maximum absolute atomic E-state index is 12.4. The van der Waals surface area contributed by atoms with E-state index in [1.807, 2.05) is 6.92 Å². The van der Waals surface area contributed by atoms with Crippen LogP contribution in [-0.2, 0) is 19.1 Å². The number of nitrogens with one attached hydrogen (secondary N) is 1. The lowest BCUT2D eigenvalue weighted by Crippen LogP contribution is -2.71. The van der Waals surface area contributed by atoms with Gasteiger partial charge in [-0.1, -0.05) is 19.1 Å². The average Bonchev–Trinajstić information content (AvgIpc) is 3.03. The second kappa shape index (κ2) is 9.02. The number of guanidine groups is 1. The summed E-state index contributed by atoms with van der Waals surface area (Å²) in [5.74, 6) is -0.601. The lowest BCUT2D eigenvalue weighted by Gasteiger charge is -2.55. The predicted molar refractivity (Wildman–Crippen MR) is 114 cm³/mol. The SMILES string of the molecule is CC[C@H]1C=CCC[C@@]2(C[C@@H]3CC[C@@H]4[C@@H](C(=O)O)[C@]5(CCC[C@@H](C)O5)N=C(N2)N34)O1.O=C[O-]. The van der Waals surface area contributed by atoms with E-state index in [9.17, 15) is 9.90 Å². The summed E-state index contributed by atoms with van der Waals surface area (Å²) < 4.78 is 12.9. The van der Waals surface area contributed by atoms with E-state index in [0.717, 1.165) is 57.3 Å². The Bertz CT molecular complexity index is 788. The van der Waals surface area contributed by atoms with Crippen LogP contribution in [0, 0.1) is 5.92 Å². The Kier molecular flexibility index (Phi) is 6.49. The highest BCUT2D eigenvalue weighted by molar-refractivity contribution is 5.86. The minimum absolute atomic E-state index is 0.0269.